The number of ether oxygens (including phenoxy) is 3. The molecule has 0 unspecified atom stereocenters. The number of furan rings is 2. The predicted molar refractivity (Wildman–Crippen MR) is 200 cm³/mol. The highest BCUT2D eigenvalue weighted by Gasteiger charge is 2.46. The Hall–Kier alpha value is -5.98. The van der Waals surface area contributed by atoms with Crippen LogP contribution in [0.1, 0.15) is 0 Å². The van der Waals surface area contributed by atoms with Gasteiger partial charge in [0, 0.05) is 49.6 Å². The number of para-hydroxylation sites is 3. The van der Waals surface area contributed by atoms with Crippen LogP contribution < -0.4 is 47.0 Å². The average molecular weight is 658 g/mol. The lowest BCUT2D eigenvalue weighted by Crippen LogP contribution is -2.61. The topological polar surface area (TPSA) is 54.0 Å². The molecule has 0 radical (unpaired) electrons. The van der Waals surface area contributed by atoms with Gasteiger partial charge in [0.15, 0.2) is 0 Å². The van der Waals surface area contributed by atoms with Crippen LogP contribution in [0.5, 0.6) is 34.5 Å². The molecule has 0 saturated carbocycles. The molecule has 13 rings (SSSR count). The Morgan fingerprint density at radius 2 is 1.02 bits per heavy atom. The normalized spacial score (nSPS) is 14.3. The molecule has 0 amide bonds. The zero-order valence-corrected chi connectivity index (χ0v) is 27.0. The first-order chi connectivity index (χ1) is 24.8. The second kappa shape index (κ2) is 8.97. The molecular weight excluding hydrogens is 638 g/mol. The summed E-state index contributed by atoms with van der Waals surface area (Å²) in [4.78, 5) is 2.44. The van der Waals surface area contributed by atoms with Crippen LogP contribution in [0.3, 0.4) is 0 Å². The fourth-order valence-electron chi connectivity index (χ4n) is 8.88. The van der Waals surface area contributed by atoms with Crippen molar-refractivity contribution >= 4 is 102 Å². The lowest BCUT2D eigenvalue weighted by atomic mass is 9.32. The van der Waals surface area contributed by atoms with Crippen LogP contribution in [0.4, 0.5) is 0 Å². The average Bonchev–Trinajstić information content (AvgIpc) is 3.72. The van der Waals surface area contributed by atoms with E-state index in [-0.39, 0.29) is 13.4 Å². The Balaban J connectivity index is 1.11. The first-order valence-corrected chi connectivity index (χ1v) is 17.6. The minimum absolute atomic E-state index is 0.0270. The Morgan fingerprint density at radius 3 is 1.84 bits per heavy atom. The minimum atomic E-state index is -0.105. The van der Waals surface area contributed by atoms with Gasteiger partial charge in [-0.3, -0.25) is 0 Å². The van der Waals surface area contributed by atoms with Gasteiger partial charge in [0.05, 0.1) is 5.39 Å². The largest absolute Gasteiger partial charge is 0.458 e. The van der Waals surface area contributed by atoms with E-state index in [1.54, 1.807) is 0 Å². The van der Waals surface area contributed by atoms with Crippen LogP contribution in [0.25, 0.3) is 43.9 Å². The summed E-state index contributed by atoms with van der Waals surface area (Å²) in [6.07, 6.45) is 0. The molecule has 5 nitrogen and oxygen atoms in total. The van der Waals surface area contributed by atoms with Gasteiger partial charge in [0.25, 0.3) is 13.4 Å². The number of benzene rings is 7. The van der Waals surface area contributed by atoms with Crippen molar-refractivity contribution in [3.63, 3.8) is 0 Å². The molecular formula is C42H20B2O5S. The van der Waals surface area contributed by atoms with E-state index in [4.69, 9.17) is 23.0 Å². The maximum Gasteiger partial charge on any atom is 0.260 e. The highest BCUT2D eigenvalue weighted by molar-refractivity contribution is 8.00. The Kier molecular flexibility index (Phi) is 4.66. The molecule has 0 atom stereocenters. The van der Waals surface area contributed by atoms with Crippen LogP contribution in [-0.2, 0) is 0 Å². The Labute approximate surface area is 289 Å². The van der Waals surface area contributed by atoms with Crippen molar-refractivity contribution in [2.45, 2.75) is 9.79 Å². The van der Waals surface area contributed by atoms with Crippen LogP contribution in [0.15, 0.2) is 140 Å². The molecule has 0 spiro atoms. The molecule has 7 aromatic carbocycles. The number of hydrogen-bond acceptors (Lipinski definition) is 6. The summed E-state index contributed by atoms with van der Waals surface area (Å²) in [7, 11) is 0. The Bertz CT molecular complexity index is 3010. The van der Waals surface area contributed by atoms with Crippen molar-refractivity contribution in [2.75, 3.05) is 0 Å². The lowest BCUT2D eigenvalue weighted by Gasteiger charge is -2.36. The van der Waals surface area contributed by atoms with Crippen LogP contribution in [0.2, 0.25) is 0 Å². The van der Waals surface area contributed by atoms with E-state index in [9.17, 15) is 0 Å². The number of fused-ring (bicyclic) bond motifs is 16. The van der Waals surface area contributed by atoms with Gasteiger partial charge in [-0.15, -0.1) is 0 Å². The fourth-order valence-corrected chi connectivity index (χ4v) is 10.2. The van der Waals surface area contributed by atoms with Crippen molar-refractivity contribution in [2.24, 2.45) is 0 Å². The van der Waals surface area contributed by atoms with E-state index in [0.29, 0.717) is 0 Å². The van der Waals surface area contributed by atoms with E-state index in [2.05, 4.69) is 78.9 Å². The smallest absolute Gasteiger partial charge is 0.260 e. The molecule has 0 fully saturated rings. The van der Waals surface area contributed by atoms with Crippen molar-refractivity contribution in [1.82, 2.24) is 0 Å². The van der Waals surface area contributed by atoms with E-state index in [0.717, 1.165) is 100 Å². The minimum Gasteiger partial charge on any atom is -0.458 e. The van der Waals surface area contributed by atoms with Gasteiger partial charge in [0.2, 0.25) is 0 Å². The summed E-state index contributed by atoms with van der Waals surface area (Å²) >= 11 is 1.81. The molecule has 4 aliphatic heterocycles. The van der Waals surface area contributed by atoms with Crippen molar-refractivity contribution < 1.29 is 23.0 Å². The first kappa shape index (κ1) is 26.0. The van der Waals surface area contributed by atoms with E-state index >= 15 is 0 Å². The highest BCUT2D eigenvalue weighted by Crippen LogP contribution is 2.47. The zero-order valence-electron chi connectivity index (χ0n) is 26.2. The fraction of sp³-hybridized carbons (Fsp3) is 0. The van der Waals surface area contributed by atoms with Crippen molar-refractivity contribution in [1.29, 1.82) is 0 Å². The van der Waals surface area contributed by atoms with E-state index in [1.165, 1.54) is 20.7 Å². The highest BCUT2D eigenvalue weighted by atomic mass is 32.2. The van der Waals surface area contributed by atoms with Gasteiger partial charge in [-0.05, 0) is 46.1 Å². The molecule has 4 aliphatic rings. The van der Waals surface area contributed by atoms with Gasteiger partial charge >= 0.3 is 0 Å². The monoisotopic (exact) mass is 658 g/mol. The maximum absolute atomic E-state index is 7.02. The summed E-state index contributed by atoms with van der Waals surface area (Å²) in [5, 5.41) is 4.24. The Morgan fingerprint density at radius 1 is 0.420 bits per heavy atom. The standard InChI is InChI=1S/C42H20B2O5S/c1-5-13-27-21(9-1)37-32(45-27)19-34-39-41(37)49-31-18-30-25(17-26(31)43(39)23-11-3-7-15-29(23)47-34)44-24-12-4-8-16-36(24)50-42-38-22-10-2-6-14-28(22)46-33(38)20-35(48-30)40(42)44/h1-20H. The molecule has 230 valence electrons. The van der Waals surface area contributed by atoms with Crippen molar-refractivity contribution in [3.8, 4) is 34.5 Å². The van der Waals surface area contributed by atoms with Crippen molar-refractivity contribution in [3.05, 3.63) is 121 Å². The third-order valence-electron chi connectivity index (χ3n) is 10.9. The molecule has 0 saturated heterocycles. The summed E-state index contributed by atoms with van der Waals surface area (Å²) in [5.41, 5.74) is 10.1. The van der Waals surface area contributed by atoms with Crippen LogP contribution in [0, 0.1) is 0 Å². The molecule has 50 heavy (non-hydrogen) atoms. The third kappa shape index (κ3) is 3.14. The van der Waals surface area contributed by atoms with E-state index in [1.807, 2.05) is 54.2 Å². The molecule has 9 aromatic rings. The van der Waals surface area contributed by atoms with Crippen LogP contribution >= 0.6 is 11.8 Å². The molecule has 0 aliphatic carbocycles. The third-order valence-corrected chi connectivity index (χ3v) is 12.1. The molecule has 8 heteroatoms. The first-order valence-electron chi connectivity index (χ1n) is 16.8. The van der Waals surface area contributed by atoms with Gasteiger partial charge in [0.1, 0.15) is 56.8 Å². The summed E-state index contributed by atoms with van der Waals surface area (Å²) in [5.74, 6) is 4.76. The summed E-state index contributed by atoms with van der Waals surface area (Å²) < 4.78 is 33.3. The zero-order chi connectivity index (χ0) is 32.2. The van der Waals surface area contributed by atoms with E-state index < -0.39 is 0 Å². The second-order valence-electron chi connectivity index (χ2n) is 13.5. The summed E-state index contributed by atoms with van der Waals surface area (Å²) in [6.45, 7) is -0.132. The number of rotatable bonds is 0. The van der Waals surface area contributed by atoms with Gasteiger partial charge in [-0.25, -0.2) is 0 Å². The molecule has 0 N–H and O–H groups in total. The molecule has 0 bridgehead atoms. The lowest BCUT2D eigenvalue weighted by molar-refractivity contribution is 0.458. The molecule has 2 aromatic heterocycles. The van der Waals surface area contributed by atoms with Gasteiger partial charge in [-0.2, -0.15) is 0 Å². The molecule has 6 heterocycles. The second-order valence-corrected chi connectivity index (χ2v) is 14.5. The predicted octanol–water partition coefficient (Wildman–Crippen LogP) is 7.30. The van der Waals surface area contributed by atoms with Gasteiger partial charge in [-0.1, -0.05) is 96.1 Å². The van der Waals surface area contributed by atoms with Gasteiger partial charge < -0.3 is 23.0 Å². The maximum atomic E-state index is 7.02. The number of hydrogen-bond donors (Lipinski definition) is 0. The summed E-state index contributed by atoms with van der Waals surface area (Å²) in [6, 6.07) is 42.1. The van der Waals surface area contributed by atoms with Crippen LogP contribution in [-0.4, -0.2) is 13.4 Å². The SMILES string of the molecule is c1ccc2c(c1)Oc1cc3oc4ccccc4c3c3c1B2c1cc2c(cc1O3)Oc1cc3oc4ccccc4c3c3c1B2c1ccccc1S3. The quantitative estimate of drug-likeness (QED) is 0.160.